The van der Waals surface area contributed by atoms with Gasteiger partial charge in [0.2, 0.25) is 0 Å². The van der Waals surface area contributed by atoms with Crippen molar-refractivity contribution in [2.24, 2.45) is 5.10 Å². The van der Waals surface area contributed by atoms with Crippen LogP contribution in [0.3, 0.4) is 0 Å². The summed E-state index contributed by atoms with van der Waals surface area (Å²) in [4.78, 5) is 2.79. The van der Waals surface area contributed by atoms with Crippen LogP contribution in [0.25, 0.3) is 0 Å². The molecule has 1 unspecified atom stereocenters. The zero-order chi connectivity index (χ0) is 16.0. The lowest BCUT2D eigenvalue weighted by molar-refractivity contribution is 0.446. The lowest BCUT2D eigenvalue weighted by Gasteiger charge is -2.23. The summed E-state index contributed by atoms with van der Waals surface area (Å²) in [5.41, 5.74) is 0.705. The largest absolute Gasteiger partial charge is 0.341 e. The molecule has 2 aliphatic rings. The van der Waals surface area contributed by atoms with E-state index in [1.165, 1.54) is 42.4 Å². The third-order valence-electron chi connectivity index (χ3n) is 3.43. The number of halogens is 1. The molecular formula is C14H11FN4O2S2. The van der Waals surface area contributed by atoms with E-state index < -0.39 is 21.5 Å². The van der Waals surface area contributed by atoms with E-state index in [9.17, 15) is 12.8 Å². The molecule has 1 atom stereocenters. The van der Waals surface area contributed by atoms with Crippen molar-refractivity contribution in [1.29, 1.82) is 0 Å². The minimum atomic E-state index is -3.90. The van der Waals surface area contributed by atoms with Crippen molar-refractivity contribution in [1.82, 2.24) is 4.41 Å². The van der Waals surface area contributed by atoms with Crippen LogP contribution in [-0.2, 0) is 10.2 Å². The predicted octanol–water partition coefficient (Wildman–Crippen LogP) is 2.64. The first-order valence-electron chi connectivity index (χ1n) is 6.70. The summed E-state index contributed by atoms with van der Waals surface area (Å²) in [5.74, 6) is -0.430. The number of thioether (sulfide) groups is 1. The number of nitrogens with one attached hydrogen (secondary N) is 1. The van der Waals surface area contributed by atoms with Crippen molar-refractivity contribution >= 4 is 39.7 Å². The number of hydrogen-bond donors (Lipinski definition) is 1. The number of rotatable bonds is 3. The highest BCUT2D eigenvalue weighted by Gasteiger charge is 2.42. The van der Waals surface area contributed by atoms with Crippen LogP contribution >= 0.6 is 11.8 Å². The van der Waals surface area contributed by atoms with Gasteiger partial charge in [0.05, 0.1) is 11.4 Å². The molecule has 0 spiro atoms. The van der Waals surface area contributed by atoms with Crippen LogP contribution in [0.2, 0.25) is 0 Å². The Bertz CT molecular complexity index is 886. The van der Waals surface area contributed by atoms with Gasteiger partial charge >= 0.3 is 10.2 Å². The predicted molar refractivity (Wildman–Crippen MR) is 87.8 cm³/mol. The van der Waals surface area contributed by atoms with Crippen molar-refractivity contribution in [3.63, 3.8) is 0 Å². The number of fused-ring (bicyclic) bond motifs is 3. The Morgan fingerprint density at radius 1 is 1.13 bits per heavy atom. The monoisotopic (exact) mass is 350 g/mol. The van der Waals surface area contributed by atoms with E-state index in [-0.39, 0.29) is 5.69 Å². The fourth-order valence-electron chi connectivity index (χ4n) is 2.39. The van der Waals surface area contributed by atoms with Gasteiger partial charge in [0.25, 0.3) is 0 Å². The smallest absolute Gasteiger partial charge is 0.297 e. The fourth-order valence-corrected chi connectivity index (χ4v) is 4.99. The minimum absolute atomic E-state index is 0.278. The Balaban J connectivity index is 1.60. The highest BCUT2D eigenvalue weighted by molar-refractivity contribution is 8.01. The van der Waals surface area contributed by atoms with Crippen LogP contribution in [0, 0.1) is 5.82 Å². The number of hydrogen-bond acceptors (Lipinski definition) is 5. The maximum Gasteiger partial charge on any atom is 0.341 e. The van der Waals surface area contributed by atoms with Crippen molar-refractivity contribution in [3.05, 3.63) is 54.3 Å². The summed E-state index contributed by atoms with van der Waals surface area (Å²) in [6.07, 6.45) is 1.49. The number of para-hydroxylation sites is 1. The van der Waals surface area contributed by atoms with E-state index in [1.807, 2.05) is 24.3 Å². The van der Waals surface area contributed by atoms with Crippen LogP contribution in [-0.4, -0.2) is 24.7 Å². The second-order valence-electron chi connectivity index (χ2n) is 4.94. The molecule has 4 rings (SSSR count). The summed E-state index contributed by atoms with van der Waals surface area (Å²) in [7, 11) is -3.90. The van der Waals surface area contributed by atoms with Gasteiger partial charge in [-0.15, -0.1) is 9.52 Å². The molecule has 118 valence electrons. The lowest BCUT2D eigenvalue weighted by Crippen LogP contribution is -2.40. The summed E-state index contributed by atoms with van der Waals surface area (Å²) < 4.78 is 41.4. The van der Waals surface area contributed by atoms with E-state index in [0.29, 0.717) is 0 Å². The van der Waals surface area contributed by atoms with Gasteiger partial charge in [-0.2, -0.15) is 8.42 Å². The van der Waals surface area contributed by atoms with Gasteiger partial charge < -0.3 is 0 Å². The van der Waals surface area contributed by atoms with Gasteiger partial charge in [0, 0.05) is 4.90 Å². The Morgan fingerprint density at radius 2 is 1.87 bits per heavy atom. The van der Waals surface area contributed by atoms with E-state index >= 15 is 0 Å². The molecule has 2 heterocycles. The van der Waals surface area contributed by atoms with Gasteiger partial charge in [-0.05, 0) is 36.4 Å². The average molecular weight is 350 g/mol. The molecule has 6 nitrogen and oxygen atoms in total. The van der Waals surface area contributed by atoms with Crippen molar-refractivity contribution in [2.75, 3.05) is 9.62 Å². The van der Waals surface area contributed by atoms with Gasteiger partial charge in [-0.1, -0.05) is 23.9 Å². The second kappa shape index (κ2) is 5.14. The normalized spacial score (nSPS) is 18.9. The van der Waals surface area contributed by atoms with Crippen molar-refractivity contribution < 1.29 is 12.8 Å². The zero-order valence-corrected chi connectivity index (χ0v) is 13.3. The van der Waals surface area contributed by atoms with Gasteiger partial charge in [0.1, 0.15) is 12.2 Å². The molecule has 2 aromatic rings. The molecule has 2 aliphatic heterocycles. The molecule has 0 aromatic heterocycles. The number of hydrazone groups is 1. The molecule has 9 heteroatoms. The van der Waals surface area contributed by atoms with Crippen LogP contribution in [0.15, 0.2) is 58.5 Å². The standard InChI is InChI=1S/C14H11FN4O2S2/c15-10-5-7-11(8-6-10)17-23(20,21)19-14-18(9-16-19)12-3-1-2-4-13(12)22-14/h1-9,14,17H. The van der Waals surface area contributed by atoms with E-state index in [1.54, 1.807) is 4.90 Å². The molecule has 0 amide bonds. The SMILES string of the molecule is O=S(=O)(Nc1ccc(F)cc1)N1N=CN2c3ccccc3SC21. The summed E-state index contributed by atoms with van der Waals surface area (Å²) in [6.45, 7) is 0. The first-order chi connectivity index (χ1) is 11.0. The van der Waals surface area contributed by atoms with Gasteiger partial charge in [-0.25, -0.2) is 4.39 Å². The maximum atomic E-state index is 12.9. The Kier molecular flexibility index (Phi) is 3.20. The number of benzene rings is 2. The van der Waals surface area contributed by atoms with E-state index in [2.05, 4.69) is 9.82 Å². The number of nitrogens with zero attached hydrogens (tertiary/aromatic N) is 3. The third-order valence-corrected chi connectivity index (χ3v) is 6.08. The molecule has 0 radical (unpaired) electrons. The summed E-state index contributed by atoms with van der Waals surface area (Å²) in [6, 6.07) is 12.8. The molecule has 2 aromatic carbocycles. The van der Waals surface area contributed by atoms with E-state index in [0.717, 1.165) is 15.0 Å². The first-order valence-corrected chi connectivity index (χ1v) is 9.02. The van der Waals surface area contributed by atoms with E-state index in [4.69, 9.17) is 0 Å². The van der Waals surface area contributed by atoms with Crippen molar-refractivity contribution in [3.8, 4) is 0 Å². The molecule has 23 heavy (non-hydrogen) atoms. The van der Waals surface area contributed by atoms with Gasteiger partial charge in [0.15, 0.2) is 5.50 Å². The topological polar surface area (TPSA) is 65.0 Å². The second-order valence-corrected chi connectivity index (χ2v) is 7.56. The molecule has 1 N–H and O–H groups in total. The molecule has 0 fully saturated rings. The fraction of sp³-hybridized carbons (Fsp3) is 0.0714. The van der Waals surface area contributed by atoms with Gasteiger partial charge in [-0.3, -0.25) is 9.62 Å². The Labute approximate surface area is 136 Å². The number of anilines is 2. The molecule has 0 bridgehead atoms. The summed E-state index contributed by atoms with van der Waals surface area (Å²) >= 11 is 1.40. The highest BCUT2D eigenvalue weighted by atomic mass is 32.2. The van der Waals surface area contributed by atoms with Crippen LogP contribution in [0.5, 0.6) is 0 Å². The lowest BCUT2D eigenvalue weighted by atomic mass is 10.3. The van der Waals surface area contributed by atoms with Crippen molar-refractivity contribution in [2.45, 2.75) is 10.4 Å². The first kappa shape index (κ1) is 14.3. The van der Waals surface area contributed by atoms with Crippen LogP contribution < -0.4 is 9.62 Å². The Hall–Kier alpha value is -2.26. The molecule has 0 saturated heterocycles. The molecular weight excluding hydrogens is 339 g/mol. The quantitative estimate of drug-likeness (QED) is 0.924. The average Bonchev–Trinajstić information content (AvgIpc) is 3.08. The minimum Gasteiger partial charge on any atom is -0.297 e. The molecule has 0 saturated carbocycles. The zero-order valence-electron chi connectivity index (χ0n) is 11.6. The highest BCUT2D eigenvalue weighted by Crippen LogP contribution is 2.46. The summed E-state index contributed by atoms with van der Waals surface area (Å²) in [5, 5.41) is 3.99. The van der Waals surface area contributed by atoms with Crippen LogP contribution in [0.1, 0.15) is 0 Å². The maximum absolute atomic E-state index is 12.9. The third kappa shape index (κ3) is 2.41. The Morgan fingerprint density at radius 3 is 2.65 bits per heavy atom. The van der Waals surface area contributed by atoms with Crippen LogP contribution in [0.4, 0.5) is 15.8 Å². The molecule has 0 aliphatic carbocycles.